The normalized spacial score (nSPS) is 12.3. The second kappa shape index (κ2) is 5.91. The third-order valence-corrected chi connectivity index (χ3v) is 4.16. The lowest BCUT2D eigenvalue weighted by Crippen LogP contribution is -1.97. The highest BCUT2D eigenvalue weighted by Crippen LogP contribution is 2.14. The predicted molar refractivity (Wildman–Crippen MR) is 72.3 cm³/mol. The van der Waals surface area contributed by atoms with Crippen molar-refractivity contribution in [2.45, 2.75) is 24.0 Å². The van der Waals surface area contributed by atoms with Crippen molar-refractivity contribution in [1.29, 1.82) is 0 Å². The molecule has 94 valence electrons. The zero-order valence-electron chi connectivity index (χ0n) is 10.2. The van der Waals surface area contributed by atoms with Crippen LogP contribution in [0.25, 0.3) is 0 Å². The van der Waals surface area contributed by atoms with Gasteiger partial charge >= 0.3 is 0 Å². The summed E-state index contributed by atoms with van der Waals surface area (Å²) in [4.78, 5) is 0.537. The number of rotatable bonds is 4. The highest BCUT2D eigenvalue weighted by atomic mass is 32.2. The van der Waals surface area contributed by atoms with E-state index in [2.05, 4.69) is 6.92 Å². The maximum Gasteiger partial charge on any atom is 0.124 e. The Morgan fingerprint density at radius 1 is 1.06 bits per heavy atom. The van der Waals surface area contributed by atoms with Crippen molar-refractivity contribution in [2.75, 3.05) is 0 Å². The molecule has 2 rings (SSSR count). The number of aryl methyl sites for hydroxylation is 1. The molecule has 1 nitrogen and oxygen atoms in total. The fourth-order valence-electron chi connectivity index (χ4n) is 1.71. The van der Waals surface area contributed by atoms with E-state index < -0.39 is 10.8 Å². The maximum absolute atomic E-state index is 13.0. The van der Waals surface area contributed by atoms with E-state index in [1.807, 2.05) is 24.3 Å². The molecule has 0 aliphatic carbocycles. The van der Waals surface area contributed by atoms with Gasteiger partial charge in [0.1, 0.15) is 5.82 Å². The summed E-state index contributed by atoms with van der Waals surface area (Å²) >= 11 is 0. The second-order valence-electron chi connectivity index (χ2n) is 4.12. The first-order valence-electron chi connectivity index (χ1n) is 5.91. The molecule has 1 unspecified atom stereocenters. The molecule has 0 amide bonds. The van der Waals surface area contributed by atoms with Crippen LogP contribution in [0.5, 0.6) is 0 Å². The van der Waals surface area contributed by atoms with E-state index in [0.717, 1.165) is 12.0 Å². The average Bonchev–Trinajstić information content (AvgIpc) is 2.39. The topological polar surface area (TPSA) is 17.1 Å². The molecule has 0 fully saturated rings. The molecule has 0 aromatic heterocycles. The largest absolute Gasteiger partial charge is 0.254 e. The maximum atomic E-state index is 13.0. The molecule has 1 atom stereocenters. The Labute approximate surface area is 109 Å². The average molecular weight is 262 g/mol. The van der Waals surface area contributed by atoms with Gasteiger partial charge in [0, 0.05) is 4.90 Å². The molecule has 0 saturated heterocycles. The van der Waals surface area contributed by atoms with Crippen molar-refractivity contribution in [3.8, 4) is 0 Å². The molecular weight excluding hydrogens is 247 g/mol. The van der Waals surface area contributed by atoms with Crippen LogP contribution in [-0.4, -0.2) is 4.21 Å². The standard InChI is InChI=1S/C15H15FOS/c1-2-12-6-8-13(9-7-12)11-18(17)15-5-3-4-14(16)10-15/h3-10H,2,11H2,1H3. The third-order valence-electron chi connectivity index (χ3n) is 2.79. The van der Waals surface area contributed by atoms with Crippen LogP contribution in [0.15, 0.2) is 53.4 Å². The number of hydrogen-bond donors (Lipinski definition) is 0. The highest BCUT2D eigenvalue weighted by molar-refractivity contribution is 7.84. The van der Waals surface area contributed by atoms with Crippen molar-refractivity contribution in [1.82, 2.24) is 0 Å². The number of benzene rings is 2. The summed E-state index contributed by atoms with van der Waals surface area (Å²) in [5, 5.41) is 0. The highest BCUT2D eigenvalue weighted by Gasteiger charge is 2.06. The van der Waals surface area contributed by atoms with Crippen molar-refractivity contribution in [3.63, 3.8) is 0 Å². The van der Waals surface area contributed by atoms with Crippen LogP contribution in [-0.2, 0) is 23.0 Å². The molecule has 0 heterocycles. The Hall–Kier alpha value is -1.48. The smallest absolute Gasteiger partial charge is 0.124 e. The van der Waals surface area contributed by atoms with Crippen LogP contribution in [0.2, 0.25) is 0 Å². The van der Waals surface area contributed by atoms with Gasteiger partial charge in [-0.1, -0.05) is 37.3 Å². The molecule has 2 aromatic carbocycles. The molecule has 0 spiro atoms. The monoisotopic (exact) mass is 262 g/mol. The Bertz CT molecular complexity index is 549. The van der Waals surface area contributed by atoms with Crippen molar-refractivity contribution < 1.29 is 8.60 Å². The Balaban J connectivity index is 2.11. The molecule has 2 aromatic rings. The number of hydrogen-bond acceptors (Lipinski definition) is 1. The van der Waals surface area contributed by atoms with Crippen molar-refractivity contribution in [3.05, 3.63) is 65.5 Å². The fourth-order valence-corrected chi connectivity index (χ4v) is 2.85. The lowest BCUT2D eigenvalue weighted by atomic mass is 10.1. The van der Waals surface area contributed by atoms with Crippen molar-refractivity contribution in [2.24, 2.45) is 0 Å². The zero-order chi connectivity index (χ0) is 13.0. The van der Waals surface area contributed by atoms with Gasteiger partial charge in [0.2, 0.25) is 0 Å². The second-order valence-corrected chi connectivity index (χ2v) is 5.57. The Morgan fingerprint density at radius 3 is 2.33 bits per heavy atom. The van der Waals surface area contributed by atoms with Gasteiger partial charge in [0.25, 0.3) is 0 Å². The van der Waals surface area contributed by atoms with E-state index in [-0.39, 0.29) is 5.82 Å². The van der Waals surface area contributed by atoms with Crippen LogP contribution in [0.4, 0.5) is 4.39 Å². The van der Waals surface area contributed by atoms with Gasteiger partial charge in [0.15, 0.2) is 0 Å². The predicted octanol–water partition coefficient (Wildman–Crippen LogP) is 3.70. The van der Waals surface area contributed by atoms with Crippen LogP contribution < -0.4 is 0 Å². The first-order valence-corrected chi connectivity index (χ1v) is 7.22. The minimum Gasteiger partial charge on any atom is -0.254 e. The fraction of sp³-hybridized carbons (Fsp3) is 0.200. The molecule has 0 aliphatic rings. The molecule has 0 aliphatic heterocycles. The minimum atomic E-state index is -1.19. The quantitative estimate of drug-likeness (QED) is 0.821. The van der Waals surface area contributed by atoms with Gasteiger partial charge in [-0.3, -0.25) is 4.21 Å². The Morgan fingerprint density at radius 2 is 1.72 bits per heavy atom. The molecule has 0 radical (unpaired) electrons. The van der Waals surface area contributed by atoms with Gasteiger partial charge in [0.05, 0.1) is 16.6 Å². The molecule has 18 heavy (non-hydrogen) atoms. The molecule has 0 N–H and O–H groups in total. The van der Waals surface area contributed by atoms with Crippen LogP contribution in [0, 0.1) is 5.82 Å². The first-order chi connectivity index (χ1) is 8.69. The Kier molecular flexibility index (Phi) is 4.26. The molecule has 0 saturated carbocycles. The van der Waals surface area contributed by atoms with Crippen LogP contribution in [0.1, 0.15) is 18.1 Å². The third kappa shape index (κ3) is 3.26. The van der Waals surface area contributed by atoms with E-state index in [1.165, 1.54) is 17.7 Å². The summed E-state index contributed by atoms with van der Waals surface area (Å²) in [7, 11) is -1.19. The lowest BCUT2D eigenvalue weighted by Gasteiger charge is -2.04. The molecule has 0 bridgehead atoms. The van der Waals surface area contributed by atoms with Crippen molar-refractivity contribution >= 4 is 10.8 Å². The molecular formula is C15H15FOS. The van der Waals surface area contributed by atoms with Crippen LogP contribution in [0.3, 0.4) is 0 Å². The van der Waals surface area contributed by atoms with E-state index >= 15 is 0 Å². The number of halogens is 1. The van der Waals surface area contributed by atoms with Gasteiger partial charge in [-0.05, 0) is 35.7 Å². The summed E-state index contributed by atoms with van der Waals surface area (Å²) in [6.45, 7) is 2.10. The van der Waals surface area contributed by atoms with Gasteiger partial charge < -0.3 is 0 Å². The zero-order valence-corrected chi connectivity index (χ0v) is 11.0. The molecule has 3 heteroatoms. The minimum absolute atomic E-state index is 0.345. The summed E-state index contributed by atoms with van der Waals surface area (Å²) in [5.74, 6) is 0.0789. The van der Waals surface area contributed by atoms with Gasteiger partial charge in [-0.2, -0.15) is 0 Å². The summed E-state index contributed by atoms with van der Waals surface area (Å²) in [5.41, 5.74) is 2.27. The summed E-state index contributed by atoms with van der Waals surface area (Å²) < 4.78 is 25.1. The lowest BCUT2D eigenvalue weighted by molar-refractivity contribution is 0.622. The SMILES string of the molecule is CCc1ccc(CS(=O)c2cccc(F)c2)cc1. The van der Waals surface area contributed by atoms with Gasteiger partial charge in [-0.25, -0.2) is 4.39 Å². The van der Waals surface area contributed by atoms with E-state index in [1.54, 1.807) is 12.1 Å². The van der Waals surface area contributed by atoms with Crippen LogP contribution >= 0.6 is 0 Å². The van der Waals surface area contributed by atoms with E-state index in [9.17, 15) is 8.60 Å². The van der Waals surface area contributed by atoms with E-state index in [4.69, 9.17) is 0 Å². The first kappa shape index (κ1) is 13.0. The van der Waals surface area contributed by atoms with E-state index in [0.29, 0.717) is 10.6 Å². The summed E-state index contributed by atoms with van der Waals surface area (Å²) in [6.07, 6.45) is 0.993. The summed E-state index contributed by atoms with van der Waals surface area (Å²) in [6, 6.07) is 14.0. The van der Waals surface area contributed by atoms with Gasteiger partial charge in [-0.15, -0.1) is 0 Å².